The third kappa shape index (κ3) is 3.50. The van der Waals surface area contributed by atoms with Gasteiger partial charge in [0, 0.05) is 19.0 Å². The van der Waals surface area contributed by atoms with E-state index >= 15 is 0 Å². The zero-order valence-electron chi connectivity index (χ0n) is 16.6. The highest BCUT2D eigenvalue weighted by Gasteiger charge is 2.53. The van der Waals surface area contributed by atoms with Gasteiger partial charge in [0.05, 0.1) is 25.2 Å². The summed E-state index contributed by atoms with van der Waals surface area (Å²) in [5.74, 6) is 0.318. The lowest BCUT2D eigenvalue weighted by Gasteiger charge is -2.59. The molecule has 0 saturated carbocycles. The molecule has 2 heterocycles. The van der Waals surface area contributed by atoms with Gasteiger partial charge in [0.1, 0.15) is 0 Å². The highest BCUT2D eigenvalue weighted by molar-refractivity contribution is 5.81. The third-order valence-electron chi connectivity index (χ3n) is 6.03. The van der Waals surface area contributed by atoms with Crippen LogP contribution in [0.3, 0.4) is 0 Å². The van der Waals surface area contributed by atoms with Gasteiger partial charge < -0.3 is 10.0 Å². The van der Waals surface area contributed by atoms with E-state index in [-0.39, 0.29) is 30.5 Å². The molecule has 2 aliphatic heterocycles. The molecule has 4 heteroatoms. The fourth-order valence-corrected chi connectivity index (χ4v) is 4.66. The number of hydrogen-bond donors (Lipinski definition) is 1. The molecule has 2 fully saturated rings. The van der Waals surface area contributed by atoms with E-state index in [1.807, 2.05) is 17.9 Å². The summed E-state index contributed by atoms with van der Waals surface area (Å²) < 4.78 is 0. The average Bonchev–Trinajstić information content (AvgIpc) is 2.67. The summed E-state index contributed by atoms with van der Waals surface area (Å²) in [7, 11) is 0. The molecule has 28 heavy (non-hydrogen) atoms. The number of aryl methyl sites for hydroxylation is 1. The Balaban J connectivity index is 1.52. The van der Waals surface area contributed by atoms with Crippen LogP contribution in [-0.4, -0.2) is 52.6 Å². The number of aliphatic hydroxyl groups is 1. The lowest BCUT2D eigenvalue weighted by atomic mass is 9.73. The molecule has 0 unspecified atom stereocenters. The Morgan fingerprint density at radius 3 is 2.46 bits per heavy atom. The number of carbonyl (C=O) groups excluding carboxylic acids is 1. The number of rotatable bonds is 5. The highest BCUT2D eigenvalue weighted by Crippen LogP contribution is 2.43. The van der Waals surface area contributed by atoms with E-state index in [2.05, 4.69) is 66.4 Å². The van der Waals surface area contributed by atoms with Gasteiger partial charge in [0.15, 0.2) is 0 Å². The molecule has 0 spiro atoms. The maximum Gasteiger partial charge on any atom is 0.237 e. The highest BCUT2D eigenvalue weighted by atomic mass is 16.3. The van der Waals surface area contributed by atoms with Gasteiger partial charge in [-0.05, 0) is 30.5 Å². The molecule has 2 aliphatic rings. The minimum atomic E-state index is -0.105. The second-order valence-electron chi connectivity index (χ2n) is 7.97. The molecule has 0 aliphatic carbocycles. The smallest absolute Gasteiger partial charge is 0.237 e. The van der Waals surface area contributed by atoms with Gasteiger partial charge >= 0.3 is 0 Å². The van der Waals surface area contributed by atoms with Gasteiger partial charge in [-0.25, -0.2) is 0 Å². The van der Waals surface area contributed by atoms with Crippen LogP contribution in [0.1, 0.15) is 35.1 Å². The monoisotopic (exact) mass is 376 g/mol. The van der Waals surface area contributed by atoms with E-state index in [4.69, 9.17) is 0 Å². The van der Waals surface area contributed by atoms with Gasteiger partial charge in [-0.1, -0.05) is 66.2 Å². The molecule has 146 valence electrons. The number of benzene rings is 2. The molecular weight excluding hydrogens is 348 g/mol. The number of amides is 1. The first kappa shape index (κ1) is 18.9. The van der Waals surface area contributed by atoms with Crippen molar-refractivity contribution in [2.24, 2.45) is 0 Å². The maximum absolute atomic E-state index is 12.8. The van der Waals surface area contributed by atoms with Crippen LogP contribution in [-0.2, 0) is 11.3 Å². The summed E-state index contributed by atoms with van der Waals surface area (Å²) in [6, 6.07) is 17.1. The van der Waals surface area contributed by atoms with Gasteiger partial charge in [-0.2, -0.15) is 0 Å². The van der Waals surface area contributed by atoms with Crippen molar-refractivity contribution in [2.75, 3.05) is 19.7 Å². The van der Waals surface area contributed by atoms with E-state index in [0.717, 1.165) is 13.1 Å². The van der Waals surface area contributed by atoms with Gasteiger partial charge in [-0.3, -0.25) is 9.69 Å². The molecule has 1 N–H and O–H groups in total. The second-order valence-corrected chi connectivity index (χ2v) is 7.97. The summed E-state index contributed by atoms with van der Waals surface area (Å²) in [5.41, 5.74) is 4.86. The summed E-state index contributed by atoms with van der Waals surface area (Å²) >= 11 is 0. The second kappa shape index (κ2) is 7.90. The van der Waals surface area contributed by atoms with E-state index in [1.54, 1.807) is 0 Å². The molecule has 0 radical (unpaired) electrons. The lowest BCUT2D eigenvalue weighted by molar-refractivity contribution is -0.162. The number of allylic oxidation sites excluding steroid dienone is 1. The first-order chi connectivity index (χ1) is 13.6. The quantitative estimate of drug-likeness (QED) is 0.872. The molecule has 3 atom stereocenters. The van der Waals surface area contributed by atoms with Crippen molar-refractivity contribution in [3.05, 3.63) is 76.9 Å². The molecule has 1 amide bonds. The molecule has 4 rings (SSSR count). The van der Waals surface area contributed by atoms with Crippen molar-refractivity contribution >= 4 is 12.0 Å². The number of hydrogen-bond acceptors (Lipinski definition) is 3. The molecule has 2 aromatic carbocycles. The largest absolute Gasteiger partial charge is 0.394 e. The van der Waals surface area contributed by atoms with Crippen molar-refractivity contribution in [1.29, 1.82) is 0 Å². The van der Waals surface area contributed by atoms with E-state index in [9.17, 15) is 9.90 Å². The lowest BCUT2D eigenvalue weighted by Crippen LogP contribution is -2.72. The Bertz CT molecular complexity index is 857. The topological polar surface area (TPSA) is 43.8 Å². The fourth-order valence-electron chi connectivity index (χ4n) is 4.66. The van der Waals surface area contributed by atoms with Crippen LogP contribution in [0.5, 0.6) is 0 Å². The Labute approximate surface area is 167 Å². The predicted molar refractivity (Wildman–Crippen MR) is 112 cm³/mol. The van der Waals surface area contributed by atoms with Crippen LogP contribution in [0.2, 0.25) is 0 Å². The third-order valence-corrected chi connectivity index (χ3v) is 6.03. The number of piperazine rings is 1. The Hall–Kier alpha value is -2.43. The van der Waals surface area contributed by atoms with Gasteiger partial charge in [-0.15, -0.1) is 0 Å². The molecule has 4 nitrogen and oxygen atoms in total. The van der Waals surface area contributed by atoms with E-state index in [1.165, 1.54) is 22.3 Å². The maximum atomic E-state index is 12.8. The zero-order chi connectivity index (χ0) is 19.7. The summed E-state index contributed by atoms with van der Waals surface area (Å²) in [4.78, 5) is 16.9. The van der Waals surface area contributed by atoms with Crippen molar-refractivity contribution < 1.29 is 9.90 Å². The van der Waals surface area contributed by atoms with Crippen molar-refractivity contribution in [2.45, 2.75) is 38.4 Å². The Morgan fingerprint density at radius 1 is 1.11 bits per heavy atom. The zero-order valence-corrected chi connectivity index (χ0v) is 16.6. The number of nitrogens with zero attached hydrogens (tertiary/aromatic N) is 2. The standard InChI is InChI=1S/C24H28N2O2/c1-3-4-18-9-11-20(12-10-18)24-21-14-25(13-19-7-5-17(2)6-8-19)15-23(28)26(21)22(24)16-27/h3-12,21-22,24,27H,13-16H2,1-2H3/b4-3+/t21-,22-,24-/m0/s1. The Morgan fingerprint density at radius 2 is 1.82 bits per heavy atom. The molecular formula is C24H28N2O2. The first-order valence-corrected chi connectivity index (χ1v) is 10.0. The Kier molecular flexibility index (Phi) is 5.33. The summed E-state index contributed by atoms with van der Waals surface area (Å²) in [6.07, 6.45) is 4.10. The van der Waals surface area contributed by atoms with Gasteiger partial charge in [0.25, 0.3) is 0 Å². The fraction of sp³-hybridized carbons (Fsp3) is 0.375. The summed E-state index contributed by atoms with van der Waals surface area (Å²) in [6.45, 7) is 6.16. The van der Waals surface area contributed by atoms with E-state index in [0.29, 0.717) is 6.54 Å². The molecule has 0 bridgehead atoms. The van der Waals surface area contributed by atoms with Crippen LogP contribution in [0.4, 0.5) is 0 Å². The summed E-state index contributed by atoms with van der Waals surface area (Å²) in [5, 5.41) is 9.92. The minimum Gasteiger partial charge on any atom is -0.394 e. The first-order valence-electron chi connectivity index (χ1n) is 10.0. The van der Waals surface area contributed by atoms with Crippen LogP contribution in [0.15, 0.2) is 54.6 Å². The minimum absolute atomic E-state index is 0.0154. The normalized spacial score (nSPS) is 25.0. The van der Waals surface area contributed by atoms with Crippen molar-refractivity contribution in [1.82, 2.24) is 9.80 Å². The number of carbonyl (C=O) groups is 1. The molecule has 2 aromatic rings. The van der Waals surface area contributed by atoms with E-state index < -0.39 is 0 Å². The van der Waals surface area contributed by atoms with Crippen LogP contribution in [0, 0.1) is 6.92 Å². The molecule has 2 saturated heterocycles. The number of fused-ring (bicyclic) bond motifs is 1. The number of aliphatic hydroxyl groups excluding tert-OH is 1. The van der Waals surface area contributed by atoms with Gasteiger partial charge in [0.2, 0.25) is 5.91 Å². The SMILES string of the molecule is C/C=C/c1ccc([C@@H]2[C@H](CO)N3C(=O)CN(Cc4ccc(C)cc4)C[C@@H]23)cc1. The van der Waals surface area contributed by atoms with Crippen LogP contribution < -0.4 is 0 Å². The van der Waals surface area contributed by atoms with Crippen molar-refractivity contribution in [3.8, 4) is 0 Å². The van der Waals surface area contributed by atoms with Crippen LogP contribution >= 0.6 is 0 Å². The van der Waals surface area contributed by atoms with Crippen LogP contribution in [0.25, 0.3) is 6.08 Å². The predicted octanol–water partition coefficient (Wildman–Crippen LogP) is 3.20. The molecule has 0 aromatic heterocycles. The average molecular weight is 377 g/mol. The van der Waals surface area contributed by atoms with Crippen molar-refractivity contribution in [3.63, 3.8) is 0 Å².